The highest BCUT2D eigenvalue weighted by molar-refractivity contribution is 6.03. The van der Waals surface area contributed by atoms with Crippen molar-refractivity contribution in [3.63, 3.8) is 0 Å². The minimum atomic E-state index is -1.29. The first kappa shape index (κ1) is 16.7. The van der Waals surface area contributed by atoms with Crippen LogP contribution in [-0.2, 0) is 14.4 Å². The van der Waals surface area contributed by atoms with Crippen molar-refractivity contribution in [3.05, 3.63) is 12.2 Å². The second-order valence-electron chi connectivity index (χ2n) is 4.74. The lowest BCUT2D eigenvalue weighted by Gasteiger charge is -2.29. The highest BCUT2D eigenvalue weighted by atomic mass is 16.4. The van der Waals surface area contributed by atoms with Crippen LogP contribution in [0.15, 0.2) is 12.2 Å². The monoisotopic (exact) mass is 297 g/mol. The van der Waals surface area contributed by atoms with Crippen LogP contribution < -0.4 is 10.6 Å². The van der Waals surface area contributed by atoms with Gasteiger partial charge in [0.1, 0.15) is 6.04 Å². The van der Waals surface area contributed by atoms with Crippen molar-refractivity contribution in [3.8, 4) is 0 Å². The number of piperidine rings is 1. The molecule has 1 atom stereocenters. The number of carbonyl (C=O) groups is 4. The Morgan fingerprint density at radius 3 is 2.29 bits per heavy atom. The normalized spacial score (nSPS) is 16.3. The summed E-state index contributed by atoms with van der Waals surface area (Å²) in [6.07, 6.45) is 4.33. The van der Waals surface area contributed by atoms with Gasteiger partial charge in [0.2, 0.25) is 5.91 Å². The number of rotatable bonds is 4. The SMILES string of the molecule is CC(NC(=O)NC(=O)/C=C/C(=O)O)C(=O)N1CCCCC1. The fourth-order valence-electron chi connectivity index (χ4n) is 1.98. The Labute approximate surface area is 122 Å². The molecule has 0 saturated carbocycles. The van der Waals surface area contributed by atoms with Crippen LogP contribution in [0.1, 0.15) is 26.2 Å². The third kappa shape index (κ3) is 6.07. The minimum absolute atomic E-state index is 0.196. The molecule has 1 unspecified atom stereocenters. The Hall–Kier alpha value is -2.38. The number of amides is 4. The van der Waals surface area contributed by atoms with Crippen molar-refractivity contribution < 1.29 is 24.3 Å². The standard InChI is InChI=1S/C13H19N3O5/c1-9(12(20)16-7-3-2-4-8-16)14-13(21)15-10(17)5-6-11(18)19/h5-6,9H,2-4,7-8H2,1H3,(H,18,19)(H2,14,15,17,21)/b6-5+. The number of imide groups is 1. The van der Waals surface area contributed by atoms with Gasteiger partial charge in [-0.1, -0.05) is 0 Å². The molecule has 1 heterocycles. The molecule has 0 spiro atoms. The number of nitrogens with one attached hydrogen (secondary N) is 2. The third-order valence-electron chi connectivity index (χ3n) is 3.00. The molecule has 0 aliphatic carbocycles. The van der Waals surface area contributed by atoms with Gasteiger partial charge in [-0.05, 0) is 26.2 Å². The molecular formula is C13H19N3O5. The predicted molar refractivity (Wildman–Crippen MR) is 73.3 cm³/mol. The molecule has 0 aromatic rings. The fourth-order valence-corrected chi connectivity index (χ4v) is 1.98. The van der Waals surface area contributed by atoms with Crippen LogP contribution in [-0.4, -0.2) is 53.0 Å². The molecule has 21 heavy (non-hydrogen) atoms. The number of carboxylic acids is 1. The molecule has 8 heteroatoms. The molecule has 0 bridgehead atoms. The number of carboxylic acid groups (broad SMARTS) is 1. The van der Waals surface area contributed by atoms with Crippen LogP contribution in [0.4, 0.5) is 4.79 Å². The number of aliphatic carboxylic acids is 1. The lowest BCUT2D eigenvalue weighted by molar-refractivity contribution is -0.133. The van der Waals surface area contributed by atoms with Gasteiger partial charge in [0, 0.05) is 25.2 Å². The summed E-state index contributed by atoms with van der Waals surface area (Å²) >= 11 is 0. The molecule has 1 saturated heterocycles. The zero-order valence-corrected chi connectivity index (χ0v) is 11.8. The number of carbonyl (C=O) groups excluding carboxylic acids is 3. The molecule has 1 fully saturated rings. The molecule has 4 amide bonds. The van der Waals surface area contributed by atoms with Gasteiger partial charge in [-0.2, -0.15) is 0 Å². The highest BCUT2D eigenvalue weighted by Crippen LogP contribution is 2.09. The average molecular weight is 297 g/mol. The predicted octanol–water partition coefficient (Wildman–Crippen LogP) is -0.146. The minimum Gasteiger partial charge on any atom is -0.478 e. The van der Waals surface area contributed by atoms with Crippen molar-refractivity contribution in [2.75, 3.05) is 13.1 Å². The van der Waals surface area contributed by atoms with E-state index in [1.165, 1.54) is 6.92 Å². The maximum absolute atomic E-state index is 12.0. The molecule has 116 valence electrons. The van der Waals surface area contributed by atoms with Gasteiger partial charge in [0.15, 0.2) is 0 Å². The largest absolute Gasteiger partial charge is 0.478 e. The van der Waals surface area contributed by atoms with E-state index in [1.54, 1.807) is 4.90 Å². The van der Waals surface area contributed by atoms with Gasteiger partial charge < -0.3 is 15.3 Å². The van der Waals surface area contributed by atoms with Gasteiger partial charge in [-0.15, -0.1) is 0 Å². The third-order valence-corrected chi connectivity index (χ3v) is 3.00. The highest BCUT2D eigenvalue weighted by Gasteiger charge is 2.23. The fraction of sp³-hybridized carbons (Fsp3) is 0.538. The topological polar surface area (TPSA) is 116 Å². The van der Waals surface area contributed by atoms with Gasteiger partial charge >= 0.3 is 12.0 Å². The molecule has 1 rings (SSSR count). The summed E-state index contributed by atoms with van der Waals surface area (Å²) in [6, 6.07) is -1.59. The lowest BCUT2D eigenvalue weighted by atomic mass is 10.1. The van der Waals surface area contributed by atoms with Crippen LogP contribution in [0.25, 0.3) is 0 Å². The van der Waals surface area contributed by atoms with Gasteiger partial charge in [-0.25, -0.2) is 9.59 Å². The van der Waals surface area contributed by atoms with E-state index in [-0.39, 0.29) is 5.91 Å². The maximum atomic E-state index is 12.0. The second-order valence-corrected chi connectivity index (χ2v) is 4.74. The van der Waals surface area contributed by atoms with Crippen LogP contribution in [0.5, 0.6) is 0 Å². The summed E-state index contributed by atoms with van der Waals surface area (Å²) in [7, 11) is 0. The number of hydrogen-bond acceptors (Lipinski definition) is 4. The molecule has 8 nitrogen and oxygen atoms in total. The van der Waals surface area contributed by atoms with Crippen LogP contribution >= 0.6 is 0 Å². The van der Waals surface area contributed by atoms with Crippen molar-refractivity contribution in [1.29, 1.82) is 0 Å². The van der Waals surface area contributed by atoms with E-state index < -0.39 is 23.9 Å². The van der Waals surface area contributed by atoms with E-state index in [2.05, 4.69) is 5.32 Å². The van der Waals surface area contributed by atoms with Gasteiger partial charge in [0.25, 0.3) is 5.91 Å². The molecule has 1 aliphatic rings. The van der Waals surface area contributed by atoms with Crippen LogP contribution in [0, 0.1) is 0 Å². The maximum Gasteiger partial charge on any atom is 0.328 e. The Bertz CT molecular complexity index is 455. The summed E-state index contributed by atoms with van der Waals surface area (Å²) in [4.78, 5) is 46.6. The zero-order chi connectivity index (χ0) is 15.8. The van der Waals surface area contributed by atoms with Gasteiger partial charge in [-0.3, -0.25) is 14.9 Å². The Balaban J connectivity index is 2.40. The molecule has 1 aliphatic heterocycles. The van der Waals surface area contributed by atoms with Crippen molar-refractivity contribution in [2.45, 2.75) is 32.2 Å². The Morgan fingerprint density at radius 2 is 1.71 bits per heavy atom. The molecule has 0 aromatic heterocycles. The molecule has 3 N–H and O–H groups in total. The van der Waals surface area contributed by atoms with Crippen molar-refractivity contribution in [1.82, 2.24) is 15.5 Å². The number of nitrogens with zero attached hydrogens (tertiary/aromatic N) is 1. The first-order valence-electron chi connectivity index (χ1n) is 6.71. The Morgan fingerprint density at radius 1 is 1.10 bits per heavy atom. The summed E-state index contributed by atoms with van der Waals surface area (Å²) in [6.45, 7) is 2.88. The summed E-state index contributed by atoms with van der Waals surface area (Å²) in [5.74, 6) is -2.36. The summed E-state index contributed by atoms with van der Waals surface area (Å²) in [5, 5.41) is 12.6. The average Bonchev–Trinajstić information content (AvgIpc) is 2.45. The van der Waals surface area contributed by atoms with E-state index in [9.17, 15) is 19.2 Å². The lowest BCUT2D eigenvalue weighted by Crippen LogP contribution is -2.51. The van der Waals surface area contributed by atoms with Crippen molar-refractivity contribution in [2.24, 2.45) is 0 Å². The molecular weight excluding hydrogens is 278 g/mol. The number of urea groups is 1. The van der Waals surface area contributed by atoms with Crippen LogP contribution in [0.3, 0.4) is 0 Å². The first-order chi connectivity index (χ1) is 9.90. The quantitative estimate of drug-likeness (QED) is 0.624. The van der Waals surface area contributed by atoms with Crippen LogP contribution in [0.2, 0.25) is 0 Å². The summed E-state index contributed by atoms with van der Waals surface area (Å²) < 4.78 is 0. The molecule has 0 radical (unpaired) electrons. The zero-order valence-electron chi connectivity index (χ0n) is 11.8. The summed E-state index contributed by atoms with van der Waals surface area (Å²) in [5.41, 5.74) is 0. The van der Waals surface area contributed by atoms with E-state index in [1.807, 2.05) is 5.32 Å². The smallest absolute Gasteiger partial charge is 0.328 e. The Kier molecular flexibility index (Phi) is 6.38. The first-order valence-corrected chi connectivity index (χ1v) is 6.71. The van der Waals surface area contributed by atoms with E-state index in [0.717, 1.165) is 25.3 Å². The van der Waals surface area contributed by atoms with E-state index in [4.69, 9.17) is 5.11 Å². The number of likely N-dealkylation sites (tertiary alicyclic amines) is 1. The molecule has 0 aromatic carbocycles. The van der Waals surface area contributed by atoms with E-state index >= 15 is 0 Å². The second kappa shape index (κ2) is 8.03. The van der Waals surface area contributed by atoms with Crippen molar-refractivity contribution >= 4 is 23.8 Å². The van der Waals surface area contributed by atoms with E-state index in [0.29, 0.717) is 19.2 Å². The number of hydrogen-bond donors (Lipinski definition) is 3. The van der Waals surface area contributed by atoms with Gasteiger partial charge in [0.05, 0.1) is 0 Å².